The highest BCUT2D eigenvalue weighted by Crippen LogP contribution is 2.54. The SMILES string of the molecule is CC1(c2cccc3c2oc2c(N(c4ccc(-c5ccccc5)cc4)c4ccc(-c5ccc(-c6ccccc6)cc5)cc4)cccc23)c2ccccc2-c2ccccc21. The summed E-state index contributed by atoms with van der Waals surface area (Å²) in [5, 5.41) is 2.21. The summed E-state index contributed by atoms with van der Waals surface area (Å²) in [6, 6.07) is 78.6. The normalized spacial score (nSPS) is 12.7. The summed E-state index contributed by atoms with van der Waals surface area (Å²) in [5.74, 6) is 0. The molecule has 2 heteroatoms. The second kappa shape index (κ2) is 13.7. The molecule has 0 bridgehead atoms. The van der Waals surface area contributed by atoms with Gasteiger partial charge in [-0.3, -0.25) is 0 Å². The standard InChI is InChI=1S/C56H39NO/c1-56(50-22-10-8-18-46(50)47-19-9-11-23-51(47)56)52-24-12-20-48-49-21-13-25-53(55(49)58-54(48)52)57(44-34-30-42(31-35-44)39-16-6-3-7-17-39)45-36-32-43(33-37-45)41-28-26-40(27-29-41)38-14-4-2-5-15-38/h2-37H,1H3. The van der Waals surface area contributed by atoms with Gasteiger partial charge in [-0.05, 0) is 92.9 Å². The Morgan fingerprint density at radius 1 is 0.328 bits per heavy atom. The van der Waals surface area contributed by atoms with Gasteiger partial charge in [-0.1, -0.05) is 188 Å². The van der Waals surface area contributed by atoms with Gasteiger partial charge in [-0.2, -0.15) is 0 Å². The summed E-state index contributed by atoms with van der Waals surface area (Å²) in [7, 11) is 0. The van der Waals surface area contributed by atoms with Crippen LogP contribution in [0.3, 0.4) is 0 Å². The molecule has 0 amide bonds. The minimum atomic E-state index is -0.386. The molecule has 0 unspecified atom stereocenters. The molecule has 0 spiro atoms. The second-order valence-electron chi connectivity index (χ2n) is 15.4. The fourth-order valence-electron chi connectivity index (χ4n) is 9.27. The van der Waals surface area contributed by atoms with Gasteiger partial charge >= 0.3 is 0 Å². The minimum Gasteiger partial charge on any atom is -0.454 e. The van der Waals surface area contributed by atoms with Gasteiger partial charge in [0.15, 0.2) is 5.58 Å². The molecule has 0 saturated carbocycles. The van der Waals surface area contributed by atoms with E-state index < -0.39 is 0 Å². The maximum Gasteiger partial charge on any atom is 0.159 e. The molecule has 0 saturated heterocycles. The molecule has 1 aromatic heterocycles. The summed E-state index contributed by atoms with van der Waals surface area (Å²) < 4.78 is 7.24. The Morgan fingerprint density at radius 2 is 0.707 bits per heavy atom. The van der Waals surface area contributed by atoms with Gasteiger partial charge in [-0.25, -0.2) is 0 Å². The lowest BCUT2D eigenvalue weighted by Gasteiger charge is -2.28. The van der Waals surface area contributed by atoms with E-state index in [-0.39, 0.29) is 5.41 Å². The average Bonchev–Trinajstić information content (AvgIpc) is 3.82. The van der Waals surface area contributed by atoms with E-state index in [1.165, 1.54) is 61.2 Å². The summed E-state index contributed by atoms with van der Waals surface area (Å²) in [5.41, 5.74) is 18.0. The number of anilines is 3. The van der Waals surface area contributed by atoms with E-state index in [1.807, 2.05) is 0 Å². The molecule has 58 heavy (non-hydrogen) atoms. The zero-order valence-electron chi connectivity index (χ0n) is 32.1. The van der Waals surface area contributed by atoms with Crippen molar-refractivity contribution in [1.82, 2.24) is 0 Å². The first-order chi connectivity index (χ1) is 28.6. The van der Waals surface area contributed by atoms with Gasteiger partial charge in [0.25, 0.3) is 0 Å². The van der Waals surface area contributed by atoms with E-state index in [4.69, 9.17) is 4.42 Å². The maximum atomic E-state index is 7.24. The monoisotopic (exact) mass is 741 g/mol. The molecule has 1 aliphatic carbocycles. The lowest BCUT2D eigenvalue weighted by atomic mass is 9.74. The molecular weight excluding hydrogens is 703 g/mol. The van der Waals surface area contributed by atoms with Crippen LogP contribution in [0.5, 0.6) is 0 Å². The molecule has 2 nitrogen and oxygen atoms in total. The minimum absolute atomic E-state index is 0.386. The third-order valence-corrected chi connectivity index (χ3v) is 12.2. The number of hydrogen-bond donors (Lipinski definition) is 0. The van der Waals surface area contributed by atoms with Gasteiger partial charge in [0.05, 0.1) is 5.69 Å². The Balaban J connectivity index is 1.06. The number of hydrogen-bond acceptors (Lipinski definition) is 2. The van der Waals surface area contributed by atoms with Crippen LogP contribution in [0.25, 0.3) is 66.4 Å². The lowest BCUT2D eigenvalue weighted by Crippen LogP contribution is -2.22. The lowest BCUT2D eigenvalue weighted by molar-refractivity contribution is 0.638. The zero-order chi connectivity index (χ0) is 38.6. The Bertz CT molecular complexity index is 3040. The van der Waals surface area contributed by atoms with Gasteiger partial charge in [0, 0.05) is 33.1 Å². The molecule has 0 fully saturated rings. The van der Waals surface area contributed by atoms with Crippen molar-refractivity contribution in [3.63, 3.8) is 0 Å². The van der Waals surface area contributed by atoms with Crippen molar-refractivity contribution in [2.24, 2.45) is 0 Å². The van der Waals surface area contributed by atoms with E-state index in [0.29, 0.717) is 0 Å². The Morgan fingerprint density at radius 3 is 1.21 bits per heavy atom. The molecule has 1 aliphatic rings. The number of para-hydroxylation sites is 2. The van der Waals surface area contributed by atoms with Gasteiger partial charge < -0.3 is 9.32 Å². The highest BCUT2D eigenvalue weighted by Gasteiger charge is 2.42. The fourth-order valence-corrected chi connectivity index (χ4v) is 9.27. The molecule has 10 aromatic rings. The van der Waals surface area contributed by atoms with Crippen LogP contribution < -0.4 is 4.90 Å². The fraction of sp³-hybridized carbons (Fsp3) is 0.0357. The van der Waals surface area contributed by atoms with Crippen molar-refractivity contribution < 1.29 is 4.42 Å². The number of rotatable bonds is 7. The molecule has 0 atom stereocenters. The quantitative estimate of drug-likeness (QED) is 0.162. The van der Waals surface area contributed by atoms with Crippen LogP contribution in [0.1, 0.15) is 23.6 Å². The summed E-state index contributed by atoms with van der Waals surface area (Å²) in [6.45, 7) is 2.36. The summed E-state index contributed by atoms with van der Waals surface area (Å²) in [4.78, 5) is 2.34. The smallest absolute Gasteiger partial charge is 0.159 e. The van der Waals surface area contributed by atoms with Crippen LogP contribution in [0.2, 0.25) is 0 Å². The second-order valence-corrected chi connectivity index (χ2v) is 15.4. The summed E-state index contributed by atoms with van der Waals surface area (Å²) in [6.07, 6.45) is 0. The summed E-state index contributed by atoms with van der Waals surface area (Å²) >= 11 is 0. The molecule has 9 aromatic carbocycles. The van der Waals surface area contributed by atoms with Gasteiger partial charge in [0.2, 0.25) is 0 Å². The topological polar surface area (TPSA) is 16.4 Å². The first-order valence-corrected chi connectivity index (χ1v) is 20.0. The van der Waals surface area contributed by atoms with Crippen molar-refractivity contribution in [2.75, 3.05) is 4.90 Å². The number of furan rings is 1. The molecule has 11 rings (SSSR count). The van der Waals surface area contributed by atoms with Crippen molar-refractivity contribution in [3.05, 3.63) is 235 Å². The molecular formula is C56H39NO. The Kier molecular flexibility index (Phi) is 7.97. The van der Waals surface area contributed by atoms with Crippen LogP contribution in [-0.4, -0.2) is 0 Å². The third kappa shape index (κ3) is 5.41. The van der Waals surface area contributed by atoms with E-state index in [0.717, 1.165) is 39.0 Å². The Labute approximate surface area is 338 Å². The van der Waals surface area contributed by atoms with Crippen LogP contribution >= 0.6 is 0 Å². The largest absolute Gasteiger partial charge is 0.454 e. The molecule has 0 N–H and O–H groups in total. The van der Waals surface area contributed by atoms with Crippen LogP contribution in [0.4, 0.5) is 17.1 Å². The Hall–Kier alpha value is -7.42. The van der Waals surface area contributed by atoms with Gasteiger partial charge in [0.1, 0.15) is 5.58 Å². The highest BCUT2D eigenvalue weighted by molar-refractivity contribution is 6.11. The van der Waals surface area contributed by atoms with Crippen molar-refractivity contribution in [3.8, 4) is 44.5 Å². The van der Waals surface area contributed by atoms with Crippen LogP contribution in [0.15, 0.2) is 223 Å². The first-order valence-electron chi connectivity index (χ1n) is 20.0. The predicted molar refractivity (Wildman–Crippen MR) is 242 cm³/mol. The van der Waals surface area contributed by atoms with Crippen LogP contribution in [0, 0.1) is 0 Å². The van der Waals surface area contributed by atoms with Crippen LogP contribution in [-0.2, 0) is 5.41 Å². The third-order valence-electron chi connectivity index (χ3n) is 12.2. The van der Waals surface area contributed by atoms with Crippen molar-refractivity contribution in [1.29, 1.82) is 0 Å². The predicted octanol–water partition coefficient (Wildman–Crippen LogP) is 15.4. The van der Waals surface area contributed by atoms with E-state index in [2.05, 4.69) is 230 Å². The molecule has 0 aliphatic heterocycles. The number of fused-ring (bicyclic) bond motifs is 6. The van der Waals surface area contributed by atoms with E-state index >= 15 is 0 Å². The number of benzene rings is 9. The van der Waals surface area contributed by atoms with Crippen molar-refractivity contribution >= 4 is 39.0 Å². The average molecular weight is 742 g/mol. The maximum absolute atomic E-state index is 7.24. The molecule has 0 radical (unpaired) electrons. The zero-order valence-corrected chi connectivity index (χ0v) is 32.1. The molecule has 1 heterocycles. The van der Waals surface area contributed by atoms with E-state index in [1.54, 1.807) is 0 Å². The van der Waals surface area contributed by atoms with Gasteiger partial charge in [-0.15, -0.1) is 0 Å². The van der Waals surface area contributed by atoms with Crippen molar-refractivity contribution in [2.45, 2.75) is 12.3 Å². The number of nitrogens with zero attached hydrogens (tertiary/aromatic N) is 1. The highest BCUT2D eigenvalue weighted by atomic mass is 16.3. The van der Waals surface area contributed by atoms with E-state index in [9.17, 15) is 0 Å². The molecule has 274 valence electrons. The first kappa shape index (κ1) is 33.9.